The van der Waals surface area contributed by atoms with Crippen LogP contribution < -0.4 is 5.32 Å². The predicted molar refractivity (Wildman–Crippen MR) is 107 cm³/mol. The first-order valence-corrected chi connectivity index (χ1v) is 9.63. The number of hydrogen-bond acceptors (Lipinski definition) is 8. The molecular formula is C22H23NO8. The topological polar surface area (TPSA) is 131 Å². The summed E-state index contributed by atoms with van der Waals surface area (Å²) >= 11 is 0. The van der Waals surface area contributed by atoms with Gasteiger partial charge in [0, 0.05) is 6.92 Å². The molecule has 0 aliphatic carbocycles. The second-order valence-electron chi connectivity index (χ2n) is 6.98. The van der Waals surface area contributed by atoms with E-state index in [0.29, 0.717) is 5.56 Å². The van der Waals surface area contributed by atoms with Crippen LogP contribution in [0.2, 0.25) is 0 Å². The van der Waals surface area contributed by atoms with Crippen LogP contribution in [0.15, 0.2) is 60.7 Å². The minimum atomic E-state index is -1.61. The number of carbonyl (C=O) groups excluding carboxylic acids is 3. The second kappa shape index (κ2) is 10.2. The monoisotopic (exact) mass is 429 g/mol. The van der Waals surface area contributed by atoms with Gasteiger partial charge in [0.15, 0.2) is 12.4 Å². The van der Waals surface area contributed by atoms with Gasteiger partial charge in [-0.05, 0) is 24.3 Å². The van der Waals surface area contributed by atoms with Crippen molar-refractivity contribution in [3.8, 4) is 0 Å². The van der Waals surface area contributed by atoms with Crippen LogP contribution in [-0.2, 0) is 19.0 Å². The minimum absolute atomic E-state index is 0.226. The first kappa shape index (κ1) is 22.4. The number of hydrogen-bond donors (Lipinski definition) is 3. The normalized spacial score (nSPS) is 25.3. The van der Waals surface area contributed by atoms with Crippen LogP contribution in [0.5, 0.6) is 0 Å². The molecule has 1 saturated heterocycles. The Morgan fingerprint density at radius 3 is 2.03 bits per heavy atom. The smallest absolute Gasteiger partial charge is 0.338 e. The highest BCUT2D eigenvalue weighted by Gasteiger charge is 2.48. The maximum Gasteiger partial charge on any atom is 0.338 e. The number of rotatable bonds is 6. The van der Waals surface area contributed by atoms with E-state index in [1.807, 2.05) is 0 Å². The van der Waals surface area contributed by atoms with E-state index in [1.165, 1.54) is 19.1 Å². The van der Waals surface area contributed by atoms with Gasteiger partial charge in [-0.25, -0.2) is 9.59 Å². The van der Waals surface area contributed by atoms with E-state index >= 15 is 0 Å². The van der Waals surface area contributed by atoms with Gasteiger partial charge in [0.1, 0.15) is 24.9 Å². The Labute approximate surface area is 178 Å². The SMILES string of the molecule is CC(=O)NC1C(O)OC(COC(=O)c2ccccc2)C(O)C1OC(=O)c1ccccc1. The van der Waals surface area contributed by atoms with E-state index in [2.05, 4.69) is 5.32 Å². The van der Waals surface area contributed by atoms with Crippen LogP contribution in [0.1, 0.15) is 27.6 Å². The highest BCUT2D eigenvalue weighted by molar-refractivity contribution is 5.90. The molecular weight excluding hydrogens is 406 g/mol. The van der Waals surface area contributed by atoms with Crippen molar-refractivity contribution in [1.29, 1.82) is 0 Å². The van der Waals surface area contributed by atoms with Crippen LogP contribution >= 0.6 is 0 Å². The summed E-state index contributed by atoms with van der Waals surface area (Å²) in [5.41, 5.74) is 0.529. The van der Waals surface area contributed by atoms with Crippen molar-refractivity contribution in [2.24, 2.45) is 0 Å². The van der Waals surface area contributed by atoms with Crippen molar-refractivity contribution in [3.63, 3.8) is 0 Å². The molecule has 5 unspecified atom stereocenters. The summed E-state index contributed by atoms with van der Waals surface area (Å²) in [6.45, 7) is 0.807. The lowest BCUT2D eigenvalue weighted by Gasteiger charge is -2.42. The fourth-order valence-corrected chi connectivity index (χ4v) is 3.18. The van der Waals surface area contributed by atoms with Gasteiger partial charge in [-0.2, -0.15) is 0 Å². The first-order chi connectivity index (χ1) is 14.9. The van der Waals surface area contributed by atoms with Gasteiger partial charge >= 0.3 is 11.9 Å². The van der Waals surface area contributed by atoms with Crippen LogP contribution in [0.4, 0.5) is 0 Å². The Hall–Kier alpha value is -3.27. The van der Waals surface area contributed by atoms with Gasteiger partial charge < -0.3 is 29.7 Å². The molecule has 1 fully saturated rings. The Kier molecular flexibility index (Phi) is 7.35. The zero-order chi connectivity index (χ0) is 22.4. The second-order valence-corrected chi connectivity index (χ2v) is 6.98. The van der Waals surface area contributed by atoms with Gasteiger partial charge in [-0.1, -0.05) is 36.4 Å². The van der Waals surface area contributed by atoms with Crippen molar-refractivity contribution in [1.82, 2.24) is 5.32 Å². The number of amides is 1. The molecule has 2 aromatic rings. The highest BCUT2D eigenvalue weighted by Crippen LogP contribution is 2.24. The van der Waals surface area contributed by atoms with Crippen LogP contribution in [-0.4, -0.2) is 65.3 Å². The maximum absolute atomic E-state index is 12.5. The average Bonchev–Trinajstić information content (AvgIpc) is 2.78. The Balaban J connectivity index is 1.73. The third kappa shape index (κ3) is 5.66. The molecule has 31 heavy (non-hydrogen) atoms. The van der Waals surface area contributed by atoms with E-state index in [-0.39, 0.29) is 5.56 Å². The predicted octanol–water partition coefficient (Wildman–Crippen LogP) is 0.652. The number of aliphatic hydroxyl groups is 2. The van der Waals surface area contributed by atoms with Crippen LogP contribution in [0.3, 0.4) is 0 Å². The van der Waals surface area contributed by atoms with E-state index in [1.54, 1.807) is 48.5 Å². The summed E-state index contributed by atoms with van der Waals surface area (Å²) in [7, 11) is 0. The molecule has 9 heteroatoms. The lowest BCUT2D eigenvalue weighted by Crippen LogP contribution is -2.65. The molecule has 3 N–H and O–H groups in total. The molecule has 9 nitrogen and oxygen atoms in total. The summed E-state index contributed by atoms with van der Waals surface area (Å²) in [6, 6.07) is 15.0. The number of ether oxygens (including phenoxy) is 3. The molecule has 3 rings (SSSR count). The van der Waals surface area contributed by atoms with Crippen molar-refractivity contribution in [3.05, 3.63) is 71.8 Å². The highest BCUT2D eigenvalue weighted by atomic mass is 16.6. The Morgan fingerprint density at radius 2 is 1.48 bits per heavy atom. The third-order valence-electron chi connectivity index (χ3n) is 4.70. The lowest BCUT2D eigenvalue weighted by atomic mass is 9.96. The minimum Gasteiger partial charge on any atom is -0.459 e. The van der Waals surface area contributed by atoms with Crippen molar-refractivity contribution >= 4 is 17.8 Å². The molecule has 1 aliphatic heterocycles. The van der Waals surface area contributed by atoms with Gasteiger partial charge in [-0.15, -0.1) is 0 Å². The molecule has 1 heterocycles. The molecule has 0 saturated carbocycles. The zero-order valence-electron chi connectivity index (χ0n) is 16.7. The molecule has 1 aliphatic rings. The van der Waals surface area contributed by atoms with Gasteiger partial charge in [0.05, 0.1) is 11.1 Å². The van der Waals surface area contributed by atoms with Crippen molar-refractivity contribution in [2.75, 3.05) is 6.61 Å². The standard InChI is InChI=1S/C22H23NO8/c1-13(24)23-17-19(31-21(27)15-10-6-3-7-11-15)18(25)16(30-22(17)28)12-29-20(26)14-8-4-2-5-9-14/h2-11,16-19,22,25,28H,12H2,1H3,(H,23,24). The molecule has 5 atom stereocenters. The molecule has 164 valence electrons. The van der Waals surface area contributed by atoms with Crippen molar-refractivity contribution in [2.45, 2.75) is 37.6 Å². The molecule has 1 amide bonds. The maximum atomic E-state index is 12.5. The zero-order valence-corrected chi connectivity index (χ0v) is 16.7. The number of nitrogens with one attached hydrogen (secondary N) is 1. The number of benzene rings is 2. The largest absolute Gasteiger partial charge is 0.459 e. The Bertz CT molecular complexity index is 904. The summed E-state index contributed by atoms with van der Waals surface area (Å²) in [5, 5.41) is 23.5. The summed E-state index contributed by atoms with van der Waals surface area (Å²) in [6.07, 6.45) is -5.64. The van der Waals surface area contributed by atoms with Crippen LogP contribution in [0, 0.1) is 0 Å². The van der Waals surface area contributed by atoms with Gasteiger partial charge in [-0.3, -0.25) is 4.79 Å². The number of carbonyl (C=O) groups is 3. The first-order valence-electron chi connectivity index (χ1n) is 9.63. The van der Waals surface area contributed by atoms with E-state index in [4.69, 9.17) is 14.2 Å². The third-order valence-corrected chi connectivity index (χ3v) is 4.70. The van der Waals surface area contributed by atoms with E-state index in [9.17, 15) is 24.6 Å². The fraction of sp³-hybridized carbons (Fsp3) is 0.318. The van der Waals surface area contributed by atoms with Crippen LogP contribution in [0.25, 0.3) is 0 Å². The van der Waals surface area contributed by atoms with Crippen molar-refractivity contribution < 1.29 is 38.8 Å². The quantitative estimate of drug-likeness (QED) is 0.571. The summed E-state index contributed by atoms with van der Waals surface area (Å²) < 4.78 is 15.9. The molecule has 0 bridgehead atoms. The molecule has 0 spiro atoms. The number of aliphatic hydroxyl groups excluding tert-OH is 2. The molecule has 2 aromatic carbocycles. The van der Waals surface area contributed by atoms with E-state index < -0.39 is 55.1 Å². The van der Waals surface area contributed by atoms with Gasteiger partial charge in [0.25, 0.3) is 0 Å². The molecule has 0 aromatic heterocycles. The summed E-state index contributed by atoms with van der Waals surface area (Å²) in [4.78, 5) is 36.2. The summed E-state index contributed by atoms with van der Waals surface area (Å²) in [5.74, 6) is -1.92. The number of esters is 2. The average molecular weight is 429 g/mol. The lowest BCUT2D eigenvalue weighted by molar-refractivity contribution is -0.253. The van der Waals surface area contributed by atoms with Gasteiger partial charge in [0.2, 0.25) is 5.91 Å². The fourth-order valence-electron chi connectivity index (χ4n) is 3.18. The van der Waals surface area contributed by atoms with E-state index in [0.717, 1.165) is 0 Å². The Morgan fingerprint density at radius 1 is 0.935 bits per heavy atom. The molecule has 0 radical (unpaired) electrons.